The zero-order valence-electron chi connectivity index (χ0n) is 14.3. The molecular formula is C20H16N2O4. The molecule has 0 atom stereocenters. The lowest BCUT2D eigenvalue weighted by atomic mass is 10.0. The highest BCUT2D eigenvalue weighted by Gasteiger charge is 2.20. The van der Waals surface area contributed by atoms with Gasteiger partial charge in [0.05, 0.1) is 12.7 Å². The van der Waals surface area contributed by atoms with Gasteiger partial charge in [0.2, 0.25) is 0 Å². The van der Waals surface area contributed by atoms with E-state index >= 15 is 0 Å². The Hall–Kier alpha value is -3.54. The van der Waals surface area contributed by atoms with Gasteiger partial charge in [-0.1, -0.05) is 41.6 Å². The number of rotatable bonds is 5. The summed E-state index contributed by atoms with van der Waals surface area (Å²) in [6.07, 6.45) is 4.39. The first-order valence-electron chi connectivity index (χ1n) is 7.89. The van der Waals surface area contributed by atoms with Crippen LogP contribution in [0.1, 0.15) is 32.2 Å². The number of esters is 1. The van der Waals surface area contributed by atoms with E-state index in [2.05, 4.69) is 10.1 Å². The first kappa shape index (κ1) is 17.3. The highest BCUT2D eigenvalue weighted by atomic mass is 16.5. The average molecular weight is 348 g/mol. The number of aryl methyl sites for hydroxylation is 1. The van der Waals surface area contributed by atoms with E-state index in [1.807, 2.05) is 30.3 Å². The molecule has 6 nitrogen and oxygen atoms in total. The van der Waals surface area contributed by atoms with Crippen molar-refractivity contribution in [3.05, 3.63) is 77.3 Å². The minimum atomic E-state index is -0.566. The number of ketones is 1. The van der Waals surface area contributed by atoms with Crippen LogP contribution in [0.3, 0.4) is 0 Å². The van der Waals surface area contributed by atoms with E-state index in [0.29, 0.717) is 22.6 Å². The molecule has 130 valence electrons. The van der Waals surface area contributed by atoms with Crippen LogP contribution in [-0.4, -0.2) is 29.0 Å². The second-order valence-corrected chi connectivity index (χ2v) is 5.46. The van der Waals surface area contributed by atoms with Crippen LogP contribution in [0.15, 0.2) is 59.3 Å². The van der Waals surface area contributed by atoms with Gasteiger partial charge in [-0.3, -0.25) is 4.79 Å². The summed E-state index contributed by atoms with van der Waals surface area (Å²) >= 11 is 0. The van der Waals surface area contributed by atoms with Crippen molar-refractivity contribution in [2.75, 3.05) is 7.11 Å². The lowest BCUT2D eigenvalue weighted by Crippen LogP contribution is -2.06. The molecule has 2 heterocycles. The van der Waals surface area contributed by atoms with Gasteiger partial charge in [-0.2, -0.15) is 0 Å². The molecule has 3 rings (SSSR count). The molecule has 2 aromatic heterocycles. The van der Waals surface area contributed by atoms with Crippen LogP contribution in [0.25, 0.3) is 17.3 Å². The number of hydrogen-bond donors (Lipinski definition) is 0. The molecule has 26 heavy (non-hydrogen) atoms. The van der Waals surface area contributed by atoms with Crippen LogP contribution < -0.4 is 0 Å². The monoisotopic (exact) mass is 348 g/mol. The summed E-state index contributed by atoms with van der Waals surface area (Å²) < 4.78 is 9.92. The normalized spacial score (nSPS) is 10.8. The third-order valence-electron chi connectivity index (χ3n) is 3.79. The number of benzene rings is 1. The van der Waals surface area contributed by atoms with Crippen molar-refractivity contribution >= 4 is 17.8 Å². The van der Waals surface area contributed by atoms with Crippen molar-refractivity contribution < 1.29 is 18.8 Å². The van der Waals surface area contributed by atoms with Crippen molar-refractivity contribution in [2.24, 2.45) is 0 Å². The van der Waals surface area contributed by atoms with E-state index in [1.54, 1.807) is 19.1 Å². The number of allylic oxidation sites excluding steroid dienone is 1. The molecule has 0 fully saturated rings. The van der Waals surface area contributed by atoms with Gasteiger partial charge in [-0.15, -0.1) is 0 Å². The average Bonchev–Trinajstić information content (AvgIpc) is 3.08. The maximum Gasteiger partial charge on any atom is 0.357 e. The first-order chi connectivity index (χ1) is 12.6. The Bertz CT molecular complexity index is 974. The molecule has 0 saturated heterocycles. The second-order valence-electron chi connectivity index (χ2n) is 5.46. The molecule has 0 amide bonds. The maximum atomic E-state index is 12.7. The number of ether oxygens (including phenoxy) is 1. The predicted octanol–water partition coefficient (Wildman–Crippen LogP) is 3.73. The molecule has 0 spiro atoms. The quantitative estimate of drug-likeness (QED) is 0.397. The number of pyridine rings is 1. The molecule has 0 saturated carbocycles. The van der Waals surface area contributed by atoms with Gasteiger partial charge >= 0.3 is 5.97 Å². The molecular weight excluding hydrogens is 332 g/mol. The van der Waals surface area contributed by atoms with E-state index < -0.39 is 5.97 Å². The second kappa shape index (κ2) is 7.57. The van der Waals surface area contributed by atoms with Gasteiger partial charge in [-0.25, -0.2) is 9.78 Å². The fourth-order valence-electron chi connectivity index (χ4n) is 2.52. The Kier molecular flexibility index (Phi) is 5.03. The zero-order chi connectivity index (χ0) is 18.5. The highest BCUT2D eigenvalue weighted by Crippen LogP contribution is 2.26. The Morgan fingerprint density at radius 3 is 2.62 bits per heavy atom. The standard InChI is InChI=1S/C20H16N2O4/c1-13-17(18(22-26-13)14-7-4-3-5-8-14)16(23)11-10-15-9-6-12-21-19(15)20(24)25-2/h3-12H,1-2H3. The van der Waals surface area contributed by atoms with Gasteiger partial charge in [-0.05, 0) is 25.1 Å². The summed E-state index contributed by atoms with van der Waals surface area (Å²) in [5.74, 6) is -0.413. The number of hydrogen-bond acceptors (Lipinski definition) is 6. The molecule has 6 heteroatoms. The van der Waals surface area contributed by atoms with Crippen LogP contribution in [0.5, 0.6) is 0 Å². The lowest BCUT2D eigenvalue weighted by molar-refractivity contribution is 0.0593. The van der Waals surface area contributed by atoms with Crippen molar-refractivity contribution in [3.63, 3.8) is 0 Å². The molecule has 0 N–H and O–H groups in total. The smallest absolute Gasteiger partial charge is 0.357 e. The van der Waals surface area contributed by atoms with Gasteiger partial charge < -0.3 is 9.26 Å². The number of carbonyl (C=O) groups excluding carboxylic acids is 2. The van der Waals surface area contributed by atoms with Crippen LogP contribution in [0, 0.1) is 6.92 Å². The fourth-order valence-corrected chi connectivity index (χ4v) is 2.52. The van der Waals surface area contributed by atoms with Crippen molar-refractivity contribution in [2.45, 2.75) is 6.92 Å². The van der Waals surface area contributed by atoms with Gasteiger partial charge in [0.15, 0.2) is 11.5 Å². The molecule has 0 aliphatic heterocycles. The van der Waals surface area contributed by atoms with E-state index in [1.165, 1.54) is 25.5 Å². The zero-order valence-corrected chi connectivity index (χ0v) is 14.3. The lowest BCUT2D eigenvalue weighted by Gasteiger charge is -2.02. The summed E-state index contributed by atoms with van der Waals surface area (Å²) in [5, 5.41) is 4.00. The summed E-state index contributed by atoms with van der Waals surface area (Å²) in [6.45, 7) is 1.68. The molecule has 3 aromatic rings. The van der Waals surface area contributed by atoms with Gasteiger partial charge in [0, 0.05) is 17.3 Å². The fraction of sp³-hybridized carbons (Fsp3) is 0.100. The number of carbonyl (C=O) groups is 2. The molecule has 1 aromatic carbocycles. The topological polar surface area (TPSA) is 82.3 Å². The van der Waals surface area contributed by atoms with Crippen LogP contribution in [0.2, 0.25) is 0 Å². The number of aromatic nitrogens is 2. The molecule has 0 bridgehead atoms. The van der Waals surface area contributed by atoms with Crippen LogP contribution >= 0.6 is 0 Å². The minimum absolute atomic E-state index is 0.143. The maximum absolute atomic E-state index is 12.7. The molecule has 0 aliphatic rings. The Labute approximate surface area is 150 Å². The minimum Gasteiger partial charge on any atom is -0.464 e. The summed E-state index contributed by atoms with van der Waals surface area (Å²) in [4.78, 5) is 28.5. The van der Waals surface area contributed by atoms with Crippen molar-refractivity contribution in [1.82, 2.24) is 10.1 Å². The van der Waals surface area contributed by atoms with Gasteiger partial charge in [0.25, 0.3) is 0 Å². The van der Waals surface area contributed by atoms with Crippen molar-refractivity contribution in [3.8, 4) is 11.3 Å². The van der Waals surface area contributed by atoms with E-state index in [-0.39, 0.29) is 11.5 Å². The third kappa shape index (κ3) is 3.44. The summed E-state index contributed by atoms with van der Waals surface area (Å²) in [5.41, 5.74) is 2.29. The van der Waals surface area contributed by atoms with E-state index in [0.717, 1.165) is 5.56 Å². The van der Waals surface area contributed by atoms with E-state index in [9.17, 15) is 9.59 Å². The predicted molar refractivity (Wildman–Crippen MR) is 95.6 cm³/mol. The first-order valence-corrected chi connectivity index (χ1v) is 7.89. The van der Waals surface area contributed by atoms with Crippen molar-refractivity contribution in [1.29, 1.82) is 0 Å². The van der Waals surface area contributed by atoms with Crippen LogP contribution in [0.4, 0.5) is 0 Å². The summed E-state index contributed by atoms with van der Waals surface area (Å²) in [6, 6.07) is 12.7. The third-order valence-corrected chi connectivity index (χ3v) is 3.79. The largest absolute Gasteiger partial charge is 0.464 e. The number of methoxy groups -OCH3 is 1. The molecule has 0 radical (unpaired) electrons. The SMILES string of the molecule is COC(=O)c1ncccc1C=CC(=O)c1c(-c2ccccc2)noc1C. The number of nitrogens with zero attached hydrogens (tertiary/aromatic N) is 2. The highest BCUT2D eigenvalue weighted by molar-refractivity contribution is 6.11. The molecule has 0 unspecified atom stereocenters. The van der Waals surface area contributed by atoms with E-state index in [4.69, 9.17) is 9.26 Å². The Morgan fingerprint density at radius 2 is 1.88 bits per heavy atom. The summed E-state index contributed by atoms with van der Waals surface area (Å²) in [7, 11) is 1.28. The Morgan fingerprint density at radius 1 is 1.12 bits per heavy atom. The van der Waals surface area contributed by atoms with Gasteiger partial charge in [0.1, 0.15) is 11.5 Å². The molecule has 0 aliphatic carbocycles. The van der Waals surface area contributed by atoms with Crippen LogP contribution in [-0.2, 0) is 4.74 Å². The Balaban J connectivity index is 1.94.